The number of aliphatic hydroxyl groups excluding tert-OH is 1. The van der Waals surface area contributed by atoms with E-state index in [1.807, 2.05) is 13.8 Å². The highest BCUT2D eigenvalue weighted by atomic mass is 16.3. The summed E-state index contributed by atoms with van der Waals surface area (Å²) < 4.78 is 0. The van der Waals surface area contributed by atoms with Crippen LogP contribution in [0.2, 0.25) is 0 Å². The molecule has 1 aliphatic heterocycles. The smallest absolute Gasteiger partial charge is 0.268 e. The van der Waals surface area contributed by atoms with Crippen LogP contribution >= 0.6 is 0 Å². The lowest BCUT2D eigenvalue weighted by atomic mass is 10.0. The first-order valence-electron chi connectivity index (χ1n) is 12.3. The van der Waals surface area contributed by atoms with Crippen LogP contribution in [0.1, 0.15) is 113 Å². The van der Waals surface area contributed by atoms with Crippen molar-refractivity contribution in [3.63, 3.8) is 0 Å². The highest BCUT2D eigenvalue weighted by molar-refractivity contribution is 5.96. The van der Waals surface area contributed by atoms with Gasteiger partial charge in [-0.25, -0.2) is 0 Å². The zero-order chi connectivity index (χ0) is 23.3. The zero-order valence-corrected chi connectivity index (χ0v) is 19.7. The van der Waals surface area contributed by atoms with Gasteiger partial charge in [0.05, 0.1) is 12.1 Å². The molecule has 0 spiro atoms. The van der Waals surface area contributed by atoms with Crippen LogP contribution in [0.3, 0.4) is 0 Å². The van der Waals surface area contributed by atoms with E-state index in [1.54, 1.807) is 12.1 Å². The van der Waals surface area contributed by atoms with Gasteiger partial charge in [-0.1, -0.05) is 71.6 Å². The van der Waals surface area contributed by atoms with Crippen molar-refractivity contribution < 1.29 is 19.5 Å². The first-order valence-corrected chi connectivity index (χ1v) is 12.3. The summed E-state index contributed by atoms with van der Waals surface area (Å²) >= 11 is 0. The molecule has 1 aromatic rings. The molecule has 0 aliphatic carbocycles. The fourth-order valence-corrected chi connectivity index (χ4v) is 4.26. The van der Waals surface area contributed by atoms with Crippen LogP contribution < -0.4 is 10.6 Å². The molecular weight excluding hydrogens is 406 g/mol. The highest BCUT2D eigenvalue weighted by Crippen LogP contribution is 2.21. The van der Waals surface area contributed by atoms with E-state index in [2.05, 4.69) is 15.6 Å². The van der Waals surface area contributed by atoms with Gasteiger partial charge in [-0.2, -0.15) is 0 Å². The summed E-state index contributed by atoms with van der Waals surface area (Å²) in [6, 6.07) is 2.12. The second kappa shape index (κ2) is 14.1. The molecule has 7 nitrogen and oxygen atoms in total. The molecule has 2 bridgehead atoms. The third-order valence-corrected chi connectivity index (χ3v) is 6.12. The minimum absolute atomic E-state index is 0.272. The predicted molar refractivity (Wildman–Crippen MR) is 125 cm³/mol. The molecule has 0 saturated heterocycles. The van der Waals surface area contributed by atoms with Crippen LogP contribution in [0.25, 0.3) is 0 Å². The SMILES string of the molecule is CC(C)C[C@@H](C=O)NC(=O)[C@@H]1CCCCCCCCCCCC(O)c2ccc([nH]2)C(=O)N1. The van der Waals surface area contributed by atoms with Crippen molar-refractivity contribution in [1.29, 1.82) is 0 Å². The summed E-state index contributed by atoms with van der Waals surface area (Å²) in [6.07, 6.45) is 11.7. The number of fused-ring (bicyclic) bond motifs is 2. The topological polar surface area (TPSA) is 111 Å². The molecule has 2 rings (SSSR count). The summed E-state index contributed by atoms with van der Waals surface area (Å²) in [4.78, 5) is 40.1. The number of aromatic nitrogens is 1. The van der Waals surface area contributed by atoms with E-state index in [1.165, 1.54) is 25.7 Å². The molecule has 32 heavy (non-hydrogen) atoms. The first kappa shape index (κ1) is 26.1. The van der Waals surface area contributed by atoms with Gasteiger partial charge in [-0.05, 0) is 37.3 Å². The molecule has 0 radical (unpaired) electrons. The number of carbonyl (C=O) groups is 3. The Morgan fingerprint density at radius 1 is 1.06 bits per heavy atom. The summed E-state index contributed by atoms with van der Waals surface area (Å²) in [5.74, 6) is -0.428. The fraction of sp³-hybridized carbons (Fsp3) is 0.720. The molecule has 3 atom stereocenters. The van der Waals surface area contributed by atoms with Gasteiger partial charge >= 0.3 is 0 Å². The monoisotopic (exact) mass is 447 g/mol. The van der Waals surface area contributed by atoms with E-state index in [-0.39, 0.29) is 17.7 Å². The lowest BCUT2D eigenvalue weighted by Crippen LogP contribution is -2.50. The summed E-state index contributed by atoms with van der Waals surface area (Å²) in [5.41, 5.74) is 0.947. The zero-order valence-electron chi connectivity index (χ0n) is 19.7. The Labute approximate surface area is 192 Å². The van der Waals surface area contributed by atoms with Gasteiger partial charge < -0.3 is 25.5 Å². The van der Waals surface area contributed by atoms with Crippen molar-refractivity contribution in [3.05, 3.63) is 23.5 Å². The number of nitrogens with one attached hydrogen (secondary N) is 3. The van der Waals surface area contributed by atoms with Gasteiger partial charge in [0.25, 0.3) is 5.91 Å². The van der Waals surface area contributed by atoms with Crippen LogP contribution in [0.5, 0.6) is 0 Å². The molecule has 1 unspecified atom stereocenters. The minimum atomic E-state index is -0.701. The van der Waals surface area contributed by atoms with Crippen LogP contribution in [-0.4, -0.2) is 40.3 Å². The average molecular weight is 448 g/mol. The third kappa shape index (κ3) is 9.15. The number of hydrogen-bond acceptors (Lipinski definition) is 4. The van der Waals surface area contributed by atoms with Crippen molar-refractivity contribution in [2.75, 3.05) is 0 Å². The van der Waals surface area contributed by atoms with Crippen LogP contribution in [0.4, 0.5) is 0 Å². The molecule has 2 heterocycles. The fourth-order valence-electron chi connectivity index (χ4n) is 4.26. The van der Waals surface area contributed by atoms with E-state index in [0.717, 1.165) is 38.4 Å². The maximum atomic E-state index is 12.9. The number of aldehydes is 1. The Morgan fingerprint density at radius 2 is 1.66 bits per heavy atom. The Balaban J connectivity index is 2.09. The Kier molecular flexibility index (Phi) is 11.5. The second-order valence-electron chi connectivity index (χ2n) is 9.51. The highest BCUT2D eigenvalue weighted by Gasteiger charge is 2.24. The maximum Gasteiger partial charge on any atom is 0.268 e. The lowest BCUT2D eigenvalue weighted by Gasteiger charge is -2.21. The van der Waals surface area contributed by atoms with Gasteiger partial charge in [0.15, 0.2) is 0 Å². The lowest BCUT2D eigenvalue weighted by molar-refractivity contribution is -0.126. The maximum absolute atomic E-state index is 12.9. The van der Waals surface area contributed by atoms with Gasteiger partial charge in [0.1, 0.15) is 18.0 Å². The summed E-state index contributed by atoms with van der Waals surface area (Å²) in [5, 5.41) is 16.0. The van der Waals surface area contributed by atoms with Gasteiger partial charge in [0, 0.05) is 5.69 Å². The summed E-state index contributed by atoms with van der Waals surface area (Å²) in [7, 11) is 0. The molecule has 2 amide bonds. The number of carbonyl (C=O) groups excluding carboxylic acids is 3. The average Bonchev–Trinajstić information content (AvgIpc) is 3.25. The standard InChI is InChI=1S/C25H41N3O4/c1-18(2)16-19(17-29)26-24(31)21-12-10-8-6-4-3-5-7-9-11-13-23(30)20-14-15-22(27-20)25(32)28-21/h14-15,17-19,21,23,27,30H,3-13,16H2,1-2H3,(H,26,31)(H,28,32)/t19-,21-,23?/m0/s1. The predicted octanol–water partition coefficient (Wildman–Crippen LogP) is 4.18. The number of aliphatic hydroxyl groups is 1. The number of rotatable bonds is 5. The third-order valence-electron chi connectivity index (χ3n) is 6.12. The molecule has 1 aliphatic rings. The minimum Gasteiger partial charge on any atom is -0.387 e. The largest absolute Gasteiger partial charge is 0.387 e. The molecule has 0 aromatic carbocycles. The van der Waals surface area contributed by atoms with E-state index < -0.39 is 18.2 Å². The molecule has 7 heteroatoms. The van der Waals surface area contributed by atoms with Crippen molar-refractivity contribution in [3.8, 4) is 0 Å². The van der Waals surface area contributed by atoms with Crippen molar-refractivity contribution >= 4 is 18.1 Å². The normalized spacial score (nSPS) is 22.9. The van der Waals surface area contributed by atoms with E-state index in [0.29, 0.717) is 30.7 Å². The van der Waals surface area contributed by atoms with Gasteiger partial charge in [0.2, 0.25) is 5.91 Å². The molecule has 180 valence electrons. The van der Waals surface area contributed by atoms with Crippen LogP contribution in [-0.2, 0) is 9.59 Å². The van der Waals surface area contributed by atoms with Crippen molar-refractivity contribution in [1.82, 2.24) is 15.6 Å². The molecular formula is C25H41N3O4. The number of hydrogen-bond donors (Lipinski definition) is 4. The number of aromatic amines is 1. The number of H-pyrrole nitrogens is 1. The first-order chi connectivity index (χ1) is 15.4. The Bertz CT molecular complexity index is 716. The van der Waals surface area contributed by atoms with Gasteiger partial charge in [-0.15, -0.1) is 0 Å². The molecule has 0 saturated carbocycles. The van der Waals surface area contributed by atoms with Crippen LogP contribution in [0.15, 0.2) is 12.1 Å². The molecule has 4 N–H and O–H groups in total. The van der Waals surface area contributed by atoms with E-state index in [9.17, 15) is 19.5 Å². The molecule has 1 aromatic heterocycles. The molecule has 0 fully saturated rings. The summed E-state index contributed by atoms with van der Waals surface area (Å²) in [6.45, 7) is 4.00. The van der Waals surface area contributed by atoms with Crippen LogP contribution in [0, 0.1) is 5.92 Å². The Morgan fingerprint density at radius 3 is 2.25 bits per heavy atom. The van der Waals surface area contributed by atoms with Crippen molar-refractivity contribution in [2.45, 2.75) is 109 Å². The van der Waals surface area contributed by atoms with Gasteiger partial charge in [-0.3, -0.25) is 9.59 Å². The van der Waals surface area contributed by atoms with E-state index in [4.69, 9.17) is 0 Å². The second-order valence-corrected chi connectivity index (χ2v) is 9.51. The van der Waals surface area contributed by atoms with E-state index >= 15 is 0 Å². The number of amides is 2. The Hall–Kier alpha value is -2.15. The quantitative estimate of drug-likeness (QED) is 0.507. The van der Waals surface area contributed by atoms with Crippen molar-refractivity contribution in [2.24, 2.45) is 5.92 Å².